The number of ether oxygens (including phenoxy) is 1. The molecule has 1 aliphatic rings. The molecule has 3 rings (SSSR count). The molecule has 2 aromatic rings. The Labute approximate surface area is 105 Å². The highest BCUT2D eigenvalue weighted by Crippen LogP contribution is 2.29. The third-order valence-electron chi connectivity index (χ3n) is 3.29. The third kappa shape index (κ3) is 1.86. The standard InChI is InChI=1S/C13H15N3O2/c1-8-3-2-4-10(11(8)14)13-15-12(16-18-13)9-5-6-17-7-9/h2-4,9H,5-7,14H2,1H3. The molecule has 18 heavy (non-hydrogen) atoms. The Kier molecular flexibility index (Phi) is 2.76. The second-order valence-electron chi connectivity index (χ2n) is 4.55. The zero-order chi connectivity index (χ0) is 12.5. The summed E-state index contributed by atoms with van der Waals surface area (Å²) in [6, 6.07) is 5.79. The summed E-state index contributed by atoms with van der Waals surface area (Å²) in [7, 11) is 0. The summed E-state index contributed by atoms with van der Waals surface area (Å²) in [5.41, 5.74) is 8.52. The maximum absolute atomic E-state index is 6.02. The SMILES string of the molecule is Cc1cccc(-c2nc(C3CCOC3)no2)c1N. The summed E-state index contributed by atoms with van der Waals surface area (Å²) >= 11 is 0. The Morgan fingerprint density at radius 2 is 2.28 bits per heavy atom. The molecule has 2 N–H and O–H groups in total. The lowest BCUT2D eigenvalue weighted by molar-refractivity contribution is 0.192. The molecule has 2 heterocycles. The van der Waals surface area contributed by atoms with Crippen LogP contribution in [0.4, 0.5) is 5.69 Å². The van der Waals surface area contributed by atoms with Gasteiger partial charge in [-0.1, -0.05) is 17.3 Å². The Morgan fingerprint density at radius 3 is 3.06 bits per heavy atom. The number of aryl methyl sites for hydroxylation is 1. The zero-order valence-corrected chi connectivity index (χ0v) is 10.2. The van der Waals surface area contributed by atoms with Gasteiger partial charge in [-0.05, 0) is 25.0 Å². The van der Waals surface area contributed by atoms with Crippen LogP contribution < -0.4 is 5.73 Å². The molecule has 1 atom stereocenters. The van der Waals surface area contributed by atoms with E-state index in [1.807, 2.05) is 25.1 Å². The lowest BCUT2D eigenvalue weighted by Gasteiger charge is -2.03. The first-order valence-electron chi connectivity index (χ1n) is 6.02. The number of anilines is 1. The number of nitrogens with zero attached hydrogens (tertiary/aromatic N) is 2. The number of hydrogen-bond donors (Lipinski definition) is 1. The minimum atomic E-state index is 0.244. The van der Waals surface area contributed by atoms with Gasteiger partial charge in [0.15, 0.2) is 5.82 Å². The van der Waals surface area contributed by atoms with Gasteiger partial charge in [0.25, 0.3) is 5.89 Å². The maximum Gasteiger partial charge on any atom is 0.260 e. The molecule has 1 unspecified atom stereocenters. The van der Waals surface area contributed by atoms with Gasteiger partial charge in [0.05, 0.1) is 12.2 Å². The van der Waals surface area contributed by atoms with Crippen molar-refractivity contribution in [2.45, 2.75) is 19.3 Å². The van der Waals surface area contributed by atoms with Gasteiger partial charge in [0, 0.05) is 18.2 Å². The van der Waals surface area contributed by atoms with Gasteiger partial charge in [-0.2, -0.15) is 4.98 Å². The molecule has 94 valence electrons. The summed E-state index contributed by atoms with van der Waals surface area (Å²) in [5.74, 6) is 1.44. The number of nitrogens with two attached hydrogens (primary N) is 1. The molecule has 0 aliphatic carbocycles. The van der Waals surface area contributed by atoms with E-state index in [1.165, 1.54) is 0 Å². The van der Waals surface area contributed by atoms with Crippen molar-refractivity contribution in [3.05, 3.63) is 29.6 Å². The van der Waals surface area contributed by atoms with Crippen LogP contribution in [0.2, 0.25) is 0 Å². The Balaban J connectivity index is 1.95. The van der Waals surface area contributed by atoms with Gasteiger partial charge >= 0.3 is 0 Å². The quantitative estimate of drug-likeness (QED) is 0.820. The highest BCUT2D eigenvalue weighted by Gasteiger charge is 2.23. The van der Waals surface area contributed by atoms with E-state index >= 15 is 0 Å². The molecular formula is C13H15N3O2. The summed E-state index contributed by atoms with van der Waals surface area (Å²) in [4.78, 5) is 4.43. The first kappa shape index (κ1) is 11.2. The summed E-state index contributed by atoms with van der Waals surface area (Å²) in [6.07, 6.45) is 0.947. The lowest BCUT2D eigenvalue weighted by atomic mass is 10.1. The number of rotatable bonds is 2. The second kappa shape index (κ2) is 4.42. The van der Waals surface area contributed by atoms with Crippen LogP contribution in [0.5, 0.6) is 0 Å². The monoisotopic (exact) mass is 245 g/mol. The van der Waals surface area contributed by atoms with E-state index in [4.69, 9.17) is 15.0 Å². The lowest BCUT2D eigenvalue weighted by Crippen LogP contribution is -2.00. The smallest absolute Gasteiger partial charge is 0.260 e. The van der Waals surface area contributed by atoms with Gasteiger partial charge < -0.3 is 15.0 Å². The van der Waals surface area contributed by atoms with E-state index in [-0.39, 0.29) is 5.92 Å². The van der Waals surface area contributed by atoms with E-state index in [1.54, 1.807) is 0 Å². The minimum Gasteiger partial charge on any atom is -0.398 e. The average molecular weight is 245 g/mol. The molecule has 1 aromatic heterocycles. The van der Waals surface area contributed by atoms with Crippen LogP contribution in [-0.4, -0.2) is 23.4 Å². The van der Waals surface area contributed by atoms with Gasteiger partial charge in [-0.25, -0.2) is 0 Å². The highest BCUT2D eigenvalue weighted by molar-refractivity contribution is 5.73. The molecule has 0 saturated carbocycles. The Hall–Kier alpha value is -1.88. The van der Waals surface area contributed by atoms with Crippen molar-refractivity contribution >= 4 is 5.69 Å². The molecule has 0 bridgehead atoms. The van der Waals surface area contributed by atoms with E-state index in [9.17, 15) is 0 Å². The molecule has 1 fully saturated rings. The average Bonchev–Trinajstić information content (AvgIpc) is 3.01. The van der Waals surface area contributed by atoms with Crippen molar-refractivity contribution in [2.75, 3.05) is 18.9 Å². The van der Waals surface area contributed by atoms with Crippen molar-refractivity contribution in [1.82, 2.24) is 10.1 Å². The number of benzene rings is 1. The fourth-order valence-electron chi connectivity index (χ4n) is 2.12. The van der Waals surface area contributed by atoms with Crippen molar-refractivity contribution in [3.63, 3.8) is 0 Å². The Bertz CT molecular complexity index is 559. The van der Waals surface area contributed by atoms with Crippen molar-refractivity contribution in [3.8, 4) is 11.5 Å². The van der Waals surface area contributed by atoms with Crippen LogP contribution in [0.25, 0.3) is 11.5 Å². The first-order chi connectivity index (χ1) is 8.75. The zero-order valence-electron chi connectivity index (χ0n) is 10.2. The van der Waals surface area contributed by atoms with Crippen LogP contribution in [0, 0.1) is 6.92 Å². The van der Waals surface area contributed by atoms with Gasteiger partial charge in [0.1, 0.15) is 0 Å². The fraction of sp³-hybridized carbons (Fsp3) is 0.385. The molecule has 5 heteroatoms. The largest absolute Gasteiger partial charge is 0.398 e. The van der Waals surface area contributed by atoms with Crippen molar-refractivity contribution < 1.29 is 9.26 Å². The number of para-hydroxylation sites is 1. The van der Waals surface area contributed by atoms with E-state index in [0.717, 1.165) is 24.2 Å². The molecule has 0 spiro atoms. The van der Waals surface area contributed by atoms with Crippen LogP contribution >= 0.6 is 0 Å². The fourth-order valence-corrected chi connectivity index (χ4v) is 2.12. The predicted molar refractivity (Wildman–Crippen MR) is 67.1 cm³/mol. The van der Waals surface area contributed by atoms with Gasteiger partial charge in [-0.15, -0.1) is 0 Å². The maximum atomic E-state index is 6.02. The van der Waals surface area contributed by atoms with Crippen molar-refractivity contribution in [2.24, 2.45) is 0 Å². The van der Waals surface area contributed by atoms with Crippen LogP contribution in [0.3, 0.4) is 0 Å². The van der Waals surface area contributed by atoms with Gasteiger partial charge in [0.2, 0.25) is 0 Å². The van der Waals surface area contributed by atoms with Crippen LogP contribution in [0.1, 0.15) is 23.7 Å². The molecule has 1 saturated heterocycles. The summed E-state index contributed by atoms with van der Waals surface area (Å²) in [5, 5.41) is 4.02. The van der Waals surface area contributed by atoms with E-state index in [2.05, 4.69) is 10.1 Å². The summed E-state index contributed by atoms with van der Waals surface area (Å²) in [6.45, 7) is 3.39. The topological polar surface area (TPSA) is 74.2 Å². The first-order valence-corrected chi connectivity index (χ1v) is 6.02. The number of nitrogen functional groups attached to an aromatic ring is 1. The highest BCUT2D eigenvalue weighted by atomic mass is 16.5. The predicted octanol–water partition coefficient (Wildman–Crippen LogP) is 2.13. The van der Waals surface area contributed by atoms with Gasteiger partial charge in [-0.3, -0.25) is 0 Å². The molecule has 5 nitrogen and oxygen atoms in total. The number of aromatic nitrogens is 2. The van der Waals surface area contributed by atoms with E-state index in [0.29, 0.717) is 24.0 Å². The minimum absolute atomic E-state index is 0.244. The van der Waals surface area contributed by atoms with E-state index < -0.39 is 0 Å². The summed E-state index contributed by atoms with van der Waals surface area (Å²) < 4.78 is 10.6. The molecule has 1 aromatic carbocycles. The number of hydrogen-bond acceptors (Lipinski definition) is 5. The third-order valence-corrected chi connectivity index (χ3v) is 3.29. The molecular weight excluding hydrogens is 230 g/mol. The van der Waals surface area contributed by atoms with Crippen molar-refractivity contribution in [1.29, 1.82) is 0 Å². The molecule has 0 amide bonds. The van der Waals surface area contributed by atoms with Crippen LogP contribution in [0.15, 0.2) is 22.7 Å². The normalized spacial score (nSPS) is 19.3. The molecule has 0 radical (unpaired) electrons. The molecule has 1 aliphatic heterocycles. The second-order valence-corrected chi connectivity index (χ2v) is 4.55. The Morgan fingerprint density at radius 1 is 1.39 bits per heavy atom. The van der Waals surface area contributed by atoms with Crippen LogP contribution in [-0.2, 0) is 4.74 Å².